The number of nitrogens with zero attached hydrogens (tertiary/aromatic N) is 2. The zero-order valence-electron chi connectivity index (χ0n) is 13.0. The highest BCUT2D eigenvalue weighted by Gasteiger charge is 2.12. The third-order valence-corrected chi connectivity index (χ3v) is 3.43. The second-order valence-electron chi connectivity index (χ2n) is 5.10. The summed E-state index contributed by atoms with van der Waals surface area (Å²) in [7, 11) is 1.59. The maximum atomic E-state index is 12.4. The minimum Gasteiger partial charge on any atom is -0.497 e. The molecule has 0 spiro atoms. The van der Waals surface area contributed by atoms with Crippen LogP contribution in [0, 0.1) is 6.92 Å². The second-order valence-corrected chi connectivity index (χ2v) is 5.10. The molecule has 0 aliphatic carbocycles. The van der Waals surface area contributed by atoms with Crippen molar-refractivity contribution < 1.29 is 9.53 Å². The molecule has 1 amide bonds. The fourth-order valence-corrected chi connectivity index (χ4v) is 2.29. The Morgan fingerprint density at radius 1 is 1.09 bits per heavy atom. The van der Waals surface area contributed by atoms with Crippen LogP contribution in [0.25, 0.3) is 5.69 Å². The Morgan fingerprint density at radius 2 is 1.78 bits per heavy atom. The molecule has 0 unspecified atom stereocenters. The van der Waals surface area contributed by atoms with Gasteiger partial charge in [0.15, 0.2) is 0 Å². The number of nitrogens with one attached hydrogen (secondary N) is 1. The summed E-state index contributed by atoms with van der Waals surface area (Å²) in [5, 5.41) is 7.34. The minimum atomic E-state index is -0.190. The number of methoxy groups -OCH3 is 1. The van der Waals surface area contributed by atoms with Gasteiger partial charge in [0.25, 0.3) is 5.91 Å². The third kappa shape index (κ3) is 3.23. The second kappa shape index (κ2) is 6.36. The number of anilines is 1. The van der Waals surface area contributed by atoms with Gasteiger partial charge in [0, 0.05) is 11.6 Å². The Morgan fingerprint density at radius 3 is 2.43 bits per heavy atom. The van der Waals surface area contributed by atoms with Gasteiger partial charge in [-0.15, -0.1) is 0 Å². The van der Waals surface area contributed by atoms with Gasteiger partial charge in [-0.25, -0.2) is 4.68 Å². The molecule has 3 rings (SSSR count). The molecule has 5 nitrogen and oxygen atoms in total. The van der Waals surface area contributed by atoms with Crippen molar-refractivity contribution in [3.63, 3.8) is 0 Å². The van der Waals surface area contributed by atoms with Crippen LogP contribution in [0.4, 0.5) is 5.82 Å². The van der Waals surface area contributed by atoms with Crippen molar-refractivity contribution in [3.05, 3.63) is 71.9 Å². The molecule has 2 aromatic carbocycles. The topological polar surface area (TPSA) is 56.1 Å². The van der Waals surface area contributed by atoms with Crippen molar-refractivity contribution in [2.24, 2.45) is 0 Å². The number of hydrogen-bond acceptors (Lipinski definition) is 3. The van der Waals surface area contributed by atoms with Gasteiger partial charge in [0.2, 0.25) is 0 Å². The standard InChI is InChI=1S/C18H17N3O2/c1-13-12-17(21(20-13)15-6-4-3-5-7-15)19-18(22)14-8-10-16(23-2)11-9-14/h3-12H,1-2H3,(H,19,22). The predicted octanol–water partition coefficient (Wildman–Crippen LogP) is 3.44. The number of rotatable bonds is 4. The number of ether oxygens (including phenoxy) is 1. The lowest BCUT2D eigenvalue weighted by Crippen LogP contribution is -2.15. The van der Waals surface area contributed by atoms with Crippen LogP contribution in [0.5, 0.6) is 5.75 Å². The van der Waals surface area contributed by atoms with E-state index in [1.807, 2.05) is 43.3 Å². The van der Waals surface area contributed by atoms with Crippen molar-refractivity contribution in [2.45, 2.75) is 6.92 Å². The lowest BCUT2D eigenvalue weighted by atomic mass is 10.2. The minimum absolute atomic E-state index is 0.190. The number of aryl methyl sites for hydroxylation is 1. The Kier molecular flexibility index (Phi) is 4.10. The highest BCUT2D eigenvalue weighted by molar-refractivity contribution is 6.04. The van der Waals surface area contributed by atoms with E-state index in [1.54, 1.807) is 36.1 Å². The summed E-state index contributed by atoms with van der Waals surface area (Å²) >= 11 is 0. The first-order valence-electron chi connectivity index (χ1n) is 7.25. The van der Waals surface area contributed by atoms with E-state index in [-0.39, 0.29) is 5.91 Å². The molecule has 23 heavy (non-hydrogen) atoms. The smallest absolute Gasteiger partial charge is 0.256 e. The number of benzene rings is 2. The molecule has 3 aromatic rings. The molecule has 5 heteroatoms. The number of hydrogen-bond donors (Lipinski definition) is 1. The van der Waals surface area contributed by atoms with Gasteiger partial charge in [-0.1, -0.05) is 18.2 Å². The summed E-state index contributed by atoms with van der Waals surface area (Å²) in [5.41, 5.74) is 2.29. The third-order valence-electron chi connectivity index (χ3n) is 3.43. The van der Waals surface area contributed by atoms with Gasteiger partial charge >= 0.3 is 0 Å². The highest BCUT2D eigenvalue weighted by Crippen LogP contribution is 2.18. The molecule has 1 N–H and O–H groups in total. The molecule has 0 saturated carbocycles. The average molecular weight is 307 g/mol. The van der Waals surface area contributed by atoms with Gasteiger partial charge < -0.3 is 10.1 Å². The first-order chi connectivity index (χ1) is 11.2. The molecule has 0 aliphatic rings. The first kappa shape index (κ1) is 14.8. The summed E-state index contributed by atoms with van der Waals surface area (Å²) in [6.45, 7) is 1.89. The summed E-state index contributed by atoms with van der Waals surface area (Å²) in [6.07, 6.45) is 0. The largest absolute Gasteiger partial charge is 0.497 e. The van der Waals surface area contributed by atoms with Crippen molar-refractivity contribution in [3.8, 4) is 11.4 Å². The molecule has 0 saturated heterocycles. The molecule has 0 bridgehead atoms. The summed E-state index contributed by atoms with van der Waals surface area (Å²) in [4.78, 5) is 12.4. The fourth-order valence-electron chi connectivity index (χ4n) is 2.29. The fraction of sp³-hybridized carbons (Fsp3) is 0.111. The van der Waals surface area contributed by atoms with E-state index in [4.69, 9.17) is 4.74 Å². The van der Waals surface area contributed by atoms with Crippen LogP contribution in [0.2, 0.25) is 0 Å². The summed E-state index contributed by atoms with van der Waals surface area (Å²) in [5.74, 6) is 1.16. The molecule has 1 aromatic heterocycles. The van der Waals surface area contributed by atoms with E-state index in [0.717, 1.165) is 11.4 Å². The van der Waals surface area contributed by atoms with Crippen molar-refractivity contribution in [2.75, 3.05) is 12.4 Å². The van der Waals surface area contributed by atoms with E-state index in [1.165, 1.54) is 0 Å². The first-order valence-corrected chi connectivity index (χ1v) is 7.25. The molecular formula is C18H17N3O2. The van der Waals surface area contributed by atoms with Crippen molar-refractivity contribution in [1.29, 1.82) is 0 Å². The van der Waals surface area contributed by atoms with Gasteiger partial charge in [-0.05, 0) is 43.3 Å². The summed E-state index contributed by atoms with van der Waals surface area (Å²) < 4.78 is 6.82. The SMILES string of the molecule is COc1ccc(C(=O)Nc2cc(C)nn2-c2ccccc2)cc1. The molecule has 116 valence electrons. The summed E-state index contributed by atoms with van der Waals surface area (Å²) in [6, 6.07) is 18.5. The Labute approximate surface area is 134 Å². The van der Waals surface area contributed by atoms with Crippen LogP contribution in [0.15, 0.2) is 60.7 Å². The quantitative estimate of drug-likeness (QED) is 0.803. The Bertz CT molecular complexity index is 808. The molecule has 1 heterocycles. The van der Waals surface area contributed by atoms with Crippen LogP contribution in [-0.2, 0) is 0 Å². The molecule has 0 atom stereocenters. The Hall–Kier alpha value is -3.08. The number of carbonyl (C=O) groups excluding carboxylic acids is 1. The molecule has 0 fully saturated rings. The predicted molar refractivity (Wildman–Crippen MR) is 89.2 cm³/mol. The molecule has 0 radical (unpaired) electrons. The normalized spacial score (nSPS) is 10.3. The highest BCUT2D eigenvalue weighted by atomic mass is 16.5. The number of amides is 1. The van der Waals surface area contributed by atoms with Gasteiger partial charge in [-0.3, -0.25) is 4.79 Å². The van der Waals surface area contributed by atoms with Crippen molar-refractivity contribution in [1.82, 2.24) is 9.78 Å². The maximum Gasteiger partial charge on any atom is 0.256 e. The lowest BCUT2D eigenvalue weighted by Gasteiger charge is -2.09. The van der Waals surface area contributed by atoms with Crippen molar-refractivity contribution >= 4 is 11.7 Å². The lowest BCUT2D eigenvalue weighted by molar-refractivity contribution is 0.102. The maximum absolute atomic E-state index is 12.4. The Balaban J connectivity index is 1.86. The zero-order valence-corrected chi connectivity index (χ0v) is 13.0. The number of para-hydroxylation sites is 1. The van der Waals surface area contributed by atoms with Crippen LogP contribution in [0.1, 0.15) is 16.1 Å². The van der Waals surface area contributed by atoms with Crippen LogP contribution in [0.3, 0.4) is 0 Å². The van der Waals surface area contributed by atoms with E-state index in [9.17, 15) is 4.79 Å². The monoisotopic (exact) mass is 307 g/mol. The van der Waals surface area contributed by atoms with Crippen LogP contribution in [-0.4, -0.2) is 22.8 Å². The van der Waals surface area contributed by atoms with E-state index >= 15 is 0 Å². The number of aromatic nitrogens is 2. The molecular weight excluding hydrogens is 290 g/mol. The number of carbonyl (C=O) groups is 1. The van der Waals surface area contributed by atoms with Gasteiger partial charge in [0.05, 0.1) is 18.5 Å². The molecule has 0 aliphatic heterocycles. The van der Waals surface area contributed by atoms with Gasteiger partial charge in [0.1, 0.15) is 11.6 Å². The van der Waals surface area contributed by atoms with Crippen LogP contribution < -0.4 is 10.1 Å². The van der Waals surface area contributed by atoms with Crippen LogP contribution >= 0.6 is 0 Å². The van der Waals surface area contributed by atoms with E-state index < -0.39 is 0 Å². The van der Waals surface area contributed by atoms with E-state index in [2.05, 4.69) is 10.4 Å². The van der Waals surface area contributed by atoms with Gasteiger partial charge in [-0.2, -0.15) is 5.10 Å². The van der Waals surface area contributed by atoms with E-state index in [0.29, 0.717) is 17.1 Å². The zero-order chi connectivity index (χ0) is 16.2. The average Bonchev–Trinajstić information content (AvgIpc) is 2.96.